The number of hydrogen-bond donors (Lipinski definition) is 2. The zero-order valence-corrected chi connectivity index (χ0v) is 14.5. The molecule has 6 atom stereocenters. The maximum absolute atomic E-state index is 9.00. The Hall–Kier alpha value is -1.06. The summed E-state index contributed by atoms with van der Waals surface area (Å²) in [6, 6.07) is 9.83. The van der Waals surface area contributed by atoms with Crippen molar-refractivity contribution in [2.45, 2.75) is 56.6 Å². The van der Waals surface area contributed by atoms with Crippen molar-refractivity contribution in [3.63, 3.8) is 0 Å². The van der Waals surface area contributed by atoms with Crippen LogP contribution < -0.4 is 5.32 Å². The van der Waals surface area contributed by atoms with Gasteiger partial charge in [-0.3, -0.25) is 0 Å². The van der Waals surface area contributed by atoms with E-state index in [0.717, 1.165) is 5.56 Å². The fraction of sp³-hybridized carbons (Fsp3) is 0.667. The Bertz CT molecular complexity index is 582. The van der Waals surface area contributed by atoms with Gasteiger partial charge in [0.25, 0.3) is 0 Å². The molecule has 3 heterocycles. The van der Waals surface area contributed by atoms with Gasteiger partial charge in [-0.05, 0) is 13.8 Å². The van der Waals surface area contributed by atoms with Gasteiger partial charge in [-0.25, -0.2) is 0 Å². The first-order valence-electron chi connectivity index (χ1n) is 8.76. The zero-order chi connectivity index (χ0) is 17.4. The van der Waals surface area contributed by atoms with Crippen molar-refractivity contribution in [2.24, 2.45) is 0 Å². The molecule has 7 nitrogen and oxygen atoms in total. The smallest absolute Gasteiger partial charge is 0.190 e. The normalized spacial score (nSPS) is 39.2. The number of nitrogens with one attached hydrogen (secondary N) is 1. The molecule has 0 radical (unpaired) electrons. The molecule has 0 spiro atoms. The van der Waals surface area contributed by atoms with E-state index in [4.69, 9.17) is 28.8 Å². The van der Waals surface area contributed by atoms with Crippen LogP contribution in [0.15, 0.2) is 30.3 Å². The molecule has 4 rings (SSSR count). The summed E-state index contributed by atoms with van der Waals surface area (Å²) < 4.78 is 30.3. The van der Waals surface area contributed by atoms with E-state index in [1.54, 1.807) is 0 Å². The van der Waals surface area contributed by atoms with Crippen LogP contribution in [0.25, 0.3) is 0 Å². The van der Waals surface area contributed by atoms with Gasteiger partial charge in [0.15, 0.2) is 18.4 Å². The van der Waals surface area contributed by atoms with Crippen molar-refractivity contribution in [1.82, 2.24) is 5.32 Å². The van der Waals surface area contributed by atoms with Gasteiger partial charge in [0.2, 0.25) is 0 Å². The first-order valence-corrected chi connectivity index (χ1v) is 8.76. The van der Waals surface area contributed by atoms with E-state index in [1.807, 2.05) is 44.2 Å². The number of rotatable bonds is 5. The van der Waals surface area contributed by atoms with Crippen LogP contribution in [-0.2, 0) is 23.7 Å². The van der Waals surface area contributed by atoms with Crippen molar-refractivity contribution in [1.29, 1.82) is 0 Å². The molecule has 138 valence electrons. The predicted molar refractivity (Wildman–Crippen MR) is 87.6 cm³/mol. The van der Waals surface area contributed by atoms with E-state index in [9.17, 15) is 0 Å². The van der Waals surface area contributed by atoms with E-state index in [-0.39, 0.29) is 31.0 Å². The molecule has 2 N–H and O–H groups in total. The lowest BCUT2D eigenvalue weighted by atomic mass is 10.0. The molecule has 7 heteroatoms. The minimum absolute atomic E-state index is 0.0753. The summed E-state index contributed by atoms with van der Waals surface area (Å²) in [4.78, 5) is 0. The quantitative estimate of drug-likeness (QED) is 0.764. The minimum atomic E-state index is -0.686. The van der Waals surface area contributed by atoms with Gasteiger partial charge in [-0.1, -0.05) is 30.3 Å². The van der Waals surface area contributed by atoms with Crippen molar-refractivity contribution in [3.8, 4) is 0 Å². The number of aliphatic hydroxyl groups excluding tert-OH is 1. The van der Waals surface area contributed by atoms with Gasteiger partial charge < -0.3 is 34.1 Å². The minimum Gasteiger partial charge on any atom is -0.395 e. The third kappa shape index (κ3) is 3.46. The molecule has 1 aromatic rings. The zero-order valence-electron chi connectivity index (χ0n) is 14.5. The Morgan fingerprint density at radius 3 is 2.56 bits per heavy atom. The fourth-order valence-corrected chi connectivity index (χ4v) is 3.62. The molecule has 3 aliphatic rings. The van der Waals surface area contributed by atoms with Gasteiger partial charge in [0, 0.05) is 18.7 Å². The molecule has 0 bridgehead atoms. The van der Waals surface area contributed by atoms with E-state index in [1.165, 1.54) is 0 Å². The van der Waals surface area contributed by atoms with Crippen LogP contribution in [0.5, 0.6) is 0 Å². The number of aliphatic hydroxyl groups is 1. The summed E-state index contributed by atoms with van der Waals surface area (Å²) in [5.41, 5.74) is 0.953. The molecule has 3 fully saturated rings. The third-order valence-corrected chi connectivity index (χ3v) is 4.68. The summed E-state index contributed by atoms with van der Waals surface area (Å²) in [5.74, 6) is -0.686. The third-order valence-electron chi connectivity index (χ3n) is 4.68. The van der Waals surface area contributed by atoms with Crippen LogP contribution in [0.4, 0.5) is 0 Å². The maximum Gasteiger partial charge on any atom is 0.190 e. The predicted octanol–water partition coefficient (Wildman–Crippen LogP) is 0.927. The molecule has 25 heavy (non-hydrogen) atoms. The van der Waals surface area contributed by atoms with Crippen LogP contribution in [0.1, 0.15) is 25.7 Å². The average Bonchev–Trinajstić information content (AvgIpc) is 3.08. The van der Waals surface area contributed by atoms with Crippen LogP contribution in [-0.4, -0.2) is 61.3 Å². The van der Waals surface area contributed by atoms with E-state index < -0.39 is 18.4 Å². The largest absolute Gasteiger partial charge is 0.395 e. The fourth-order valence-electron chi connectivity index (χ4n) is 3.62. The van der Waals surface area contributed by atoms with Crippen LogP contribution >= 0.6 is 0 Å². The van der Waals surface area contributed by atoms with Crippen molar-refractivity contribution in [2.75, 3.05) is 19.7 Å². The van der Waals surface area contributed by atoms with Gasteiger partial charge in [-0.2, -0.15) is 0 Å². The number of benzene rings is 1. The molecule has 3 aliphatic heterocycles. The first kappa shape index (κ1) is 17.4. The highest BCUT2D eigenvalue weighted by atomic mass is 16.9. The summed E-state index contributed by atoms with van der Waals surface area (Å²) in [6.07, 6.45) is -2.00. The Balaban J connectivity index is 1.54. The SMILES string of the molecule is CC1(C)O[C@H]2O[C@H]3[C@H](O[C@@H](c4ccccc4)O[C@H]3CNCCO)[C@@H]2O1. The lowest BCUT2D eigenvalue weighted by Gasteiger charge is -2.39. The Morgan fingerprint density at radius 2 is 1.80 bits per heavy atom. The van der Waals surface area contributed by atoms with Crippen molar-refractivity contribution >= 4 is 0 Å². The Kier molecular flexibility index (Phi) is 4.81. The molecule has 0 unspecified atom stereocenters. The topological polar surface area (TPSA) is 78.4 Å². The molecular formula is C18H25NO6. The van der Waals surface area contributed by atoms with Gasteiger partial charge >= 0.3 is 0 Å². The standard InChI is InChI=1S/C18H25NO6/c1-18(2)24-15-14-13(22-17(15)25-18)12(10-19-8-9-20)21-16(23-14)11-6-4-3-5-7-11/h3-7,12-17,19-20H,8-10H2,1-2H3/t12-,13+,14-,15-,16-,17+/m0/s1. The number of fused-ring (bicyclic) bond motifs is 3. The lowest BCUT2D eigenvalue weighted by Crippen LogP contribution is -2.52. The highest BCUT2D eigenvalue weighted by molar-refractivity contribution is 5.17. The van der Waals surface area contributed by atoms with Gasteiger partial charge in [-0.15, -0.1) is 0 Å². The summed E-state index contributed by atoms with van der Waals surface area (Å²) in [5, 5.41) is 12.2. The highest BCUT2D eigenvalue weighted by Crippen LogP contribution is 2.44. The van der Waals surface area contributed by atoms with E-state index >= 15 is 0 Å². The lowest BCUT2D eigenvalue weighted by molar-refractivity contribution is -0.308. The first-order chi connectivity index (χ1) is 12.1. The molecule has 0 aliphatic carbocycles. The second kappa shape index (κ2) is 6.92. The second-order valence-electron chi connectivity index (χ2n) is 7.01. The molecule has 0 saturated carbocycles. The molecule has 1 aromatic carbocycles. The molecular weight excluding hydrogens is 326 g/mol. The number of ether oxygens (including phenoxy) is 5. The maximum atomic E-state index is 9.00. The second-order valence-corrected chi connectivity index (χ2v) is 7.01. The number of hydrogen-bond acceptors (Lipinski definition) is 7. The average molecular weight is 351 g/mol. The molecule has 3 saturated heterocycles. The monoisotopic (exact) mass is 351 g/mol. The van der Waals surface area contributed by atoms with Crippen LogP contribution in [0, 0.1) is 0 Å². The van der Waals surface area contributed by atoms with E-state index in [0.29, 0.717) is 13.1 Å². The molecule has 0 aromatic heterocycles. The van der Waals surface area contributed by atoms with Gasteiger partial charge in [0.1, 0.15) is 24.4 Å². The summed E-state index contributed by atoms with van der Waals surface area (Å²) in [7, 11) is 0. The van der Waals surface area contributed by atoms with Crippen molar-refractivity contribution in [3.05, 3.63) is 35.9 Å². The van der Waals surface area contributed by atoms with E-state index in [2.05, 4.69) is 5.32 Å². The van der Waals surface area contributed by atoms with Crippen molar-refractivity contribution < 1.29 is 28.8 Å². The Morgan fingerprint density at radius 1 is 1.00 bits per heavy atom. The molecule has 0 amide bonds. The summed E-state index contributed by atoms with van der Waals surface area (Å²) >= 11 is 0. The summed E-state index contributed by atoms with van der Waals surface area (Å²) in [6.45, 7) is 4.88. The van der Waals surface area contributed by atoms with Crippen LogP contribution in [0.3, 0.4) is 0 Å². The van der Waals surface area contributed by atoms with Crippen LogP contribution in [0.2, 0.25) is 0 Å². The Labute approximate surface area is 147 Å². The highest BCUT2D eigenvalue weighted by Gasteiger charge is 2.59. The van der Waals surface area contributed by atoms with Gasteiger partial charge in [0.05, 0.1) is 6.61 Å².